The van der Waals surface area contributed by atoms with Crippen LogP contribution in [-0.4, -0.2) is 15.9 Å². The molecule has 3 aromatic rings. The fourth-order valence-corrected chi connectivity index (χ4v) is 2.80. The first-order chi connectivity index (χ1) is 14.5. The molecule has 0 aliphatic heterocycles. The van der Waals surface area contributed by atoms with E-state index in [0.29, 0.717) is 23.7 Å². The van der Waals surface area contributed by atoms with Crippen molar-refractivity contribution in [2.24, 2.45) is 0 Å². The summed E-state index contributed by atoms with van der Waals surface area (Å²) in [6.45, 7) is 5.24. The van der Waals surface area contributed by atoms with Gasteiger partial charge in [-0.3, -0.25) is 5.32 Å². The van der Waals surface area contributed by atoms with Crippen molar-refractivity contribution in [3.8, 4) is 5.69 Å². The SMILES string of the molecule is C=C/C=C\C=C(/C)OC(=O)Nc1cc(Cc2ccccc2)nn1-c1cccc(F)c1. The highest BCUT2D eigenvalue weighted by molar-refractivity contribution is 5.84. The molecule has 1 N–H and O–H groups in total. The topological polar surface area (TPSA) is 56.1 Å². The summed E-state index contributed by atoms with van der Waals surface area (Å²) >= 11 is 0. The highest BCUT2D eigenvalue weighted by Crippen LogP contribution is 2.20. The third kappa shape index (κ3) is 5.78. The summed E-state index contributed by atoms with van der Waals surface area (Å²) in [5, 5.41) is 7.24. The number of halogens is 1. The third-order valence-electron chi connectivity index (χ3n) is 4.10. The Labute approximate surface area is 174 Å². The zero-order valence-electron chi connectivity index (χ0n) is 16.6. The number of ether oxygens (including phenoxy) is 1. The van der Waals surface area contributed by atoms with E-state index in [1.165, 1.54) is 16.8 Å². The first-order valence-electron chi connectivity index (χ1n) is 9.39. The largest absolute Gasteiger partial charge is 0.417 e. The van der Waals surface area contributed by atoms with Crippen LogP contribution < -0.4 is 5.32 Å². The predicted octanol–water partition coefficient (Wildman–Crippen LogP) is 5.80. The molecule has 0 bridgehead atoms. The van der Waals surface area contributed by atoms with Gasteiger partial charge in [-0.15, -0.1) is 0 Å². The smallest absolute Gasteiger partial charge is 0.415 e. The Morgan fingerprint density at radius 2 is 1.97 bits per heavy atom. The second kappa shape index (κ2) is 10.0. The quantitative estimate of drug-likeness (QED) is 0.401. The molecule has 0 radical (unpaired) electrons. The maximum Gasteiger partial charge on any atom is 0.417 e. The Morgan fingerprint density at radius 1 is 1.17 bits per heavy atom. The van der Waals surface area contributed by atoms with Crippen LogP contribution in [0, 0.1) is 5.82 Å². The van der Waals surface area contributed by atoms with E-state index < -0.39 is 11.9 Å². The molecule has 0 aliphatic rings. The van der Waals surface area contributed by atoms with E-state index in [9.17, 15) is 9.18 Å². The Hall–Kier alpha value is -3.93. The van der Waals surface area contributed by atoms with Gasteiger partial charge in [0.25, 0.3) is 0 Å². The summed E-state index contributed by atoms with van der Waals surface area (Å²) in [7, 11) is 0. The number of benzene rings is 2. The standard InChI is InChI=1S/C24H22FN3O2/c1-3-4-6-10-18(2)30-24(29)26-23-17-21(15-19-11-7-5-8-12-19)27-28(23)22-14-9-13-20(25)16-22/h3-14,16-17H,1,15H2,2H3,(H,26,29)/b6-4-,18-10+. The van der Waals surface area contributed by atoms with Crippen LogP contribution in [0.2, 0.25) is 0 Å². The molecule has 5 nitrogen and oxygen atoms in total. The summed E-state index contributed by atoms with van der Waals surface area (Å²) in [6.07, 6.45) is 6.60. The van der Waals surface area contributed by atoms with Gasteiger partial charge < -0.3 is 4.74 Å². The number of nitrogens with one attached hydrogen (secondary N) is 1. The number of carbonyl (C=O) groups is 1. The van der Waals surface area contributed by atoms with Gasteiger partial charge >= 0.3 is 6.09 Å². The number of carbonyl (C=O) groups excluding carboxylic acids is 1. The van der Waals surface area contributed by atoms with Crippen LogP contribution in [0.1, 0.15) is 18.2 Å². The van der Waals surface area contributed by atoms with Gasteiger partial charge in [-0.05, 0) is 36.8 Å². The number of rotatable bonds is 7. The lowest BCUT2D eigenvalue weighted by molar-refractivity contribution is 0.191. The third-order valence-corrected chi connectivity index (χ3v) is 4.10. The van der Waals surface area contributed by atoms with Gasteiger partial charge in [0.15, 0.2) is 0 Å². The number of hydrogen-bond acceptors (Lipinski definition) is 3. The summed E-state index contributed by atoms with van der Waals surface area (Å²) in [6, 6.07) is 17.6. The minimum absolute atomic E-state index is 0.381. The molecule has 0 fully saturated rings. The number of amides is 1. The van der Waals surface area contributed by atoms with Crippen molar-refractivity contribution >= 4 is 11.9 Å². The minimum atomic E-state index is -0.667. The number of hydrogen-bond donors (Lipinski definition) is 1. The molecule has 152 valence electrons. The average molecular weight is 403 g/mol. The molecule has 3 rings (SSSR count). The van der Waals surface area contributed by atoms with Gasteiger partial charge in [-0.25, -0.2) is 13.9 Å². The normalized spacial score (nSPS) is 11.5. The zero-order valence-corrected chi connectivity index (χ0v) is 16.6. The first-order valence-corrected chi connectivity index (χ1v) is 9.39. The molecule has 0 saturated carbocycles. The highest BCUT2D eigenvalue weighted by atomic mass is 19.1. The van der Waals surface area contributed by atoms with Crippen LogP contribution in [0.15, 0.2) is 97.3 Å². The molecular formula is C24H22FN3O2. The lowest BCUT2D eigenvalue weighted by atomic mass is 10.1. The summed E-state index contributed by atoms with van der Waals surface area (Å²) in [5.41, 5.74) is 2.29. The molecular weight excluding hydrogens is 381 g/mol. The number of nitrogens with zero attached hydrogens (tertiary/aromatic N) is 2. The lowest BCUT2D eigenvalue weighted by Gasteiger charge is -2.09. The van der Waals surface area contributed by atoms with Crippen LogP contribution in [0.25, 0.3) is 5.69 Å². The average Bonchev–Trinajstić information content (AvgIpc) is 3.10. The second-order valence-corrected chi connectivity index (χ2v) is 6.49. The van der Waals surface area contributed by atoms with Crippen LogP contribution in [0.4, 0.5) is 15.0 Å². The van der Waals surface area contributed by atoms with Crippen molar-refractivity contribution in [1.29, 1.82) is 0 Å². The molecule has 1 heterocycles. The van der Waals surface area contributed by atoms with Crippen molar-refractivity contribution in [3.05, 3.63) is 114 Å². The molecule has 0 aliphatic carbocycles. The van der Waals surface area contributed by atoms with Crippen molar-refractivity contribution in [2.75, 3.05) is 5.32 Å². The second-order valence-electron chi connectivity index (χ2n) is 6.49. The predicted molar refractivity (Wildman–Crippen MR) is 116 cm³/mol. The van der Waals surface area contributed by atoms with E-state index in [1.807, 2.05) is 30.3 Å². The summed E-state index contributed by atoms with van der Waals surface area (Å²) in [4.78, 5) is 12.3. The zero-order chi connectivity index (χ0) is 21.3. The lowest BCUT2D eigenvalue weighted by Crippen LogP contribution is -2.15. The van der Waals surface area contributed by atoms with Crippen molar-refractivity contribution < 1.29 is 13.9 Å². The summed E-state index contributed by atoms with van der Waals surface area (Å²) in [5.74, 6) is 0.395. The highest BCUT2D eigenvalue weighted by Gasteiger charge is 2.14. The number of allylic oxidation sites excluding steroid dienone is 5. The van der Waals surface area contributed by atoms with Crippen LogP contribution in [-0.2, 0) is 11.2 Å². The summed E-state index contributed by atoms with van der Waals surface area (Å²) < 4.78 is 20.5. The van der Waals surface area contributed by atoms with Gasteiger partial charge in [0, 0.05) is 12.5 Å². The van der Waals surface area contributed by atoms with Gasteiger partial charge in [0.05, 0.1) is 11.4 Å². The van der Waals surface area contributed by atoms with Crippen molar-refractivity contribution in [3.63, 3.8) is 0 Å². The fourth-order valence-electron chi connectivity index (χ4n) is 2.80. The van der Waals surface area contributed by atoms with E-state index in [4.69, 9.17) is 4.74 Å². The van der Waals surface area contributed by atoms with Crippen LogP contribution in [0.3, 0.4) is 0 Å². The maximum absolute atomic E-state index is 13.7. The Kier molecular flexibility index (Phi) is 6.95. The van der Waals surface area contributed by atoms with Crippen LogP contribution in [0.5, 0.6) is 0 Å². The Morgan fingerprint density at radius 3 is 2.70 bits per heavy atom. The minimum Gasteiger partial charge on any atom is -0.415 e. The van der Waals surface area contributed by atoms with E-state index in [-0.39, 0.29) is 0 Å². The van der Waals surface area contributed by atoms with Gasteiger partial charge in [-0.1, -0.05) is 61.2 Å². The van der Waals surface area contributed by atoms with E-state index >= 15 is 0 Å². The van der Waals surface area contributed by atoms with Gasteiger partial charge in [-0.2, -0.15) is 5.10 Å². The molecule has 30 heavy (non-hydrogen) atoms. The van der Waals surface area contributed by atoms with E-state index in [0.717, 1.165) is 11.3 Å². The molecule has 6 heteroatoms. The Balaban J connectivity index is 1.85. The number of anilines is 1. The molecule has 0 atom stereocenters. The first kappa shape index (κ1) is 20.8. The fraction of sp³-hybridized carbons (Fsp3) is 0.0833. The molecule has 1 aromatic heterocycles. The van der Waals surface area contributed by atoms with Crippen molar-refractivity contribution in [2.45, 2.75) is 13.3 Å². The monoisotopic (exact) mass is 403 g/mol. The molecule has 1 amide bonds. The maximum atomic E-state index is 13.7. The number of aromatic nitrogens is 2. The molecule has 0 saturated heterocycles. The van der Waals surface area contributed by atoms with Crippen molar-refractivity contribution in [1.82, 2.24) is 9.78 Å². The van der Waals surface area contributed by atoms with Gasteiger partial charge in [0.1, 0.15) is 17.4 Å². The van der Waals surface area contributed by atoms with Gasteiger partial charge in [0.2, 0.25) is 0 Å². The molecule has 2 aromatic carbocycles. The molecule has 0 unspecified atom stereocenters. The van der Waals surface area contributed by atoms with Crippen LogP contribution >= 0.6 is 0 Å². The van der Waals surface area contributed by atoms with E-state index in [1.54, 1.807) is 49.4 Å². The van der Waals surface area contributed by atoms with E-state index in [2.05, 4.69) is 17.0 Å². The Bertz CT molecular complexity index is 1080. The molecule has 0 spiro atoms.